The van der Waals surface area contributed by atoms with Crippen LogP contribution in [0.5, 0.6) is 0 Å². The van der Waals surface area contributed by atoms with Gasteiger partial charge in [0, 0.05) is 31.7 Å². The van der Waals surface area contributed by atoms with Crippen molar-refractivity contribution < 1.29 is 15.0 Å². The van der Waals surface area contributed by atoms with Crippen molar-refractivity contribution in [3.63, 3.8) is 0 Å². The number of aromatic nitrogens is 2. The number of carbonyl (C=O) groups excluding carboxylic acids is 1. The quantitative estimate of drug-likeness (QED) is 0.831. The molecule has 1 amide bonds. The van der Waals surface area contributed by atoms with E-state index < -0.39 is 11.7 Å². The van der Waals surface area contributed by atoms with Crippen LogP contribution in [-0.4, -0.2) is 55.6 Å². The topological polar surface area (TPSA) is 78.6 Å². The number of likely N-dealkylation sites (tertiary alicyclic amines) is 1. The van der Waals surface area contributed by atoms with E-state index in [9.17, 15) is 15.0 Å². The fourth-order valence-electron chi connectivity index (χ4n) is 2.51. The highest BCUT2D eigenvalue weighted by atomic mass is 16.3. The highest BCUT2D eigenvalue weighted by Gasteiger charge is 2.37. The van der Waals surface area contributed by atoms with Gasteiger partial charge in [0.05, 0.1) is 17.4 Å². The number of nitrogens with zero attached hydrogens (tertiary/aromatic N) is 3. The lowest BCUT2D eigenvalue weighted by Crippen LogP contribution is -2.55. The second-order valence-corrected chi connectivity index (χ2v) is 5.86. The zero-order chi connectivity index (χ0) is 14.9. The molecule has 2 N–H and O–H groups in total. The summed E-state index contributed by atoms with van der Waals surface area (Å²) in [5.41, 5.74) is 0.892. The van der Waals surface area contributed by atoms with Crippen LogP contribution in [0.15, 0.2) is 6.07 Å². The molecule has 112 valence electrons. The second-order valence-electron chi connectivity index (χ2n) is 5.86. The molecule has 0 aromatic carbocycles. The molecule has 0 saturated carbocycles. The molecule has 1 aliphatic rings. The van der Waals surface area contributed by atoms with E-state index in [2.05, 4.69) is 5.10 Å². The molecular weight excluding hydrogens is 258 g/mol. The van der Waals surface area contributed by atoms with Gasteiger partial charge in [-0.15, -0.1) is 0 Å². The van der Waals surface area contributed by atoms with Crippen LogP contribution in [0.25, 0.3) is 0 Å². The molecule has 6 heteroatoms. The number of piperidine rings is 1. The monoisotopic (exact) mass is 281 g/mol. The molecule has 1 saturated heterocycles. The fourth-order valence-corrected chi connectivity index (χ4v) is 2.51. The predicted molar refractivity (Wildman–Crippen MR) is 74.1 cm³/mol. The van der Waals surface area contributed by atoms with Gasteiger partial charge < -0.3 is 15.1 Å². The Morgan fingerprint density at radius 1 is 1.55 bits per heavy atom. The summed E-state index contributed by atoms with van der Waals surface area (Å²) in [5, 5.41) is 24.0. The number of hydrogen-bond donors (Lipinski definition) is 2. The molecular formula is C14H23N3O3. The lowest BCUT2D eigenvalue weighted by molar-refractivity contribution is -0.146. The Kier molecular flexibility index (Phi) is 4.15. The maximum Gasteiger partial charge on any atom is 0.224 e. The van der Waals surface area contributed by atoms with Gasteiger partial charge in [-0.2, -0.15) is 5.10 Å². The third-order valence-corrected chi connectivity index (χ3v) is 3.99. The summed E-state index contributed by atoms with van der Waals surface area (Å²) in [6.07, 6.45) is -0.120. The number of aliphatic hydroxyl groups excluding tert-OH is 1. The van der Waals surface area contributed by atoms with E-state index in [1.165, 1.54) is 0 Å². The number of rotatable bonds is 3. The van der Waals surface area contributed by atoms with Crippen LogP contribution in [0, 0.1) is 13.8 Å². The SMILES string of the molecule is Cc1cc(C)n(CCC(=O)N2CC[C@@](C)(O)[C@@H](O)C2)n1. The van der Waals surface area contributed by atoms with Crippen molar-refractivity contribution in [1.82, 2.24) is 14.7 Å². The summed E-state index contributed by atoms with van der Waals surface area (Å²) in [5.74, 6) is -0.00731. The van der Waals surface area contributed by atoms with Crippen LogP contribution in [0.2, 0.25) is 0 Å². The predicted octanol–water partition coefficient (Wildman–Crippen LogP) is 0.234. The summed E-state index contributed by atoms with van der Waals surface area (Å²) in [4.78, 5) is 13.8. The summed E-state index contributed by atoms with van der Waals surface area (Å²) < 4.78 is 1.82. The zero-order valence-corrected chi connectivity index (χ0v) is 12.3. The molecule has 0 bridgehead atoms. The maximum absolute atomic E-state index is 12.1. The lowest BCUT2D eigenvalue weighted by Gasteiger charge is -2.40. The third kappa shape index (κ3) is 3.19. The highest BCUT2D eigenvalue weighted by Crippen LogP contribution is 2.22. The van der Waals surface area contributed by atoms with E-state index in [0.717, 1.165) is 11.4 Å². The van der Waals surface area contributed by atoms with Crippen molar-refractivity contribution in [1.29, 1.82) is 0 Å². The van der Waals surface area contributed by atoms with Gasteiger partial charge in [-0.1, -0.05) is 0 Å². The molecule has 6 nitrogen and oxygen atoms in total. The molecule has 2 rings (SSSR count). The van der Waals surface area contributed by atoms with Crippen molar-refractivity contribution in [2.45, 2.75) is 51.9 Å². The summed E-state index contributed by atoms with van der Waals surface area (Å²) in [6, 6.07) is 1.98. The first-order valence-corrected chi connectivity index (χ1v) is 6.99. The molecule has 1 aliphatic heterocycles. The summed E-state index contributed by atoms with van der Waals surface area (Å²) >= 11 is 0. The maximum atomic E-state index is 12.1. The van der Waals surface area contributed by atoms with Crippen molar-refractivity contribution in [2.24, 2.45) is 0 Å². The van der Waals surface area contributed by atoms with E-state index >= 15 is 0 Å². The van der Waals surface area contributed by atoms with E-state index in [4.69, 9.17) is 0 Å². The van der Waals surface area contributed by atoms with Gasteiger partial charge in [0.2, 0.25) is 5.91 Å². The number of β-amino-alcohol motifs (C(OH)–C–C–N with tert-alkyl or cyclic N) is 1. The molecule has 2 heterocycles. The first-order valence-electron chi connectivity index (χ1n) is 6.99. The number of amides is 1. The fraction of sp³-hybridized carbons (Fsp3) is 0.714. The minimum Gasteiger partial charge on any atom is -0.388 e. The molecule has 0 unspecified atom stereocenters. The normalized spacial score (nSPS) is 26.9. The average molecular weight is 281 g/mol. The molecule has 0 aliphatic carbocycles. The van der Waals surface area contributed by atoms with Crippen molar-refractivity contribution in [2.75, 3.05) is 13.1 Å². The van der Waals surface area contributed by atoms with Gasteiger partial charge in [-0.3, -0.25) is 9.48 Å². The van der Waals surface area contributed by atoms with Crippen molar-refractivity contribution in [3.8, 4) is 0 Å². The Hall–Kier alpha value is -1.40. The Labute approximate surface area is 119 Å². The second kappa shape index (κ2) is 5.54. The minimum atomic E-state index is -1.09. The van der Waals surface area contributed by atoms with E-state index in [1.807, 2.05) is 24.6 Å². The molecule has 0 spiro atoms. The average Bonchev–Trinajstić information content (AvgIpc) is 2.68. The van der Waals surface area contributed by atoms with Crippen molar-refractivity contribution >= 4 is 5.91 Å². The van der Waals surface area contributed by atoms with Crippen LogP contribution in [-0.2, 0) is 11.3 Å². The standard InChI is InChI=1S/C14H23N3O3/c1-10-8-11(2)17(15-10)6-4-13(19)16-7-5-14(3,20)12(18)9-16/h8,12,18,20H,4-7,9H2,1-3H3/t12-,14+/m0/s1. The van der Waals surface area contributed by atoms with Crippen LogP contribution in [0.4, 0.5) is 0 Å². The molecule has 1 fully saturated rings. The minimum absolute atomic E-state index is 0.00731. The zero-order valence-electron chi connectivity index (χ0n) is 12.3. The van der Waals surface area contributed by atoms with E-state index in [0.29, 0.717) is 25.9 Å². The third-order valence-electron chi connectivity index (χ3n) is 3.99. The van der Waals surface area contributed by atoms with Crippen LogP contribution in [0.1, 0.15) is 31.2 Å². The molecule has 0 radical (unpaired) electrons. The number of carbonyl (C=O) groups is 1. The number of aryl methyl sites for hydroxylation is 3. The number of aliphatic hydroxyl groups is 2. The van der Waals surface area contributed by atoms with Gasteiger partial charge in [-0.05, 0) is 33.3 Å². The van der Waals surface area contributed by atoms with Crippen molar-refractivity contribution in [3.05, 3.63) is 17.5 Å². The number of hydrogen-bond acceptors (Lipinski definition) is 4. The van der Waals surface area contributed by atoms with Gasteiger partial charge >= 0.3 is 0 Å². The molecule has 1 aromatic rings. The molecule has 1 aromatic heterocycles. The van der Waals surface area contributed by atoms with Gasteiger partial charge in [0.15, 0.2) is 0 Å². The van der Waals surface area contributed by atoms with E-state index in [1.54, 1.807) is 11.8 Å². The van der Waals surface area contributed by atoms with Crippen LogP contribution < -0.4 is 0 Å². The first kappa shape index (κ1) is 15.0. The Bertz CT molecular complexity index is 496. The van der Waals surface area contributed by atoms with Gasteiger partial charge in [0.25, 0.3) is 0 Å². The van der Waals surface area contributed by atoms with E-state index in [-0.39, 0.29) is 12.5 Å². The Morgan fingerprint density at radius 2 is 2.25 bits per heavy atom. The molecule has 2 atom stereocenters. The Balaban J connectivity index is 1.88. The van der Waals surface area contributed by atoms with Gasteiger partial charge in [0.1, 0.15) is 0 Å². The lowest BCUT2D eigenvalue weighted by atomic mass is 9.90. The Morgan fingerprint density at radius 3 is 2.80 bits per heavy atom. The largest absolute Gasteiger partial charge is 0.388 e. The first-order chi connectivity index (χ1) is 9.29. The van der Waals surface area contributed by atoms with Gasteiger partial charge in [-0.25, -0.2) is 0 Å². The summed E-state index contributed by atoms with van der Waals surface area (Å²) in [7, 11) is 0. The van der Waals surface area contributed by atoms with Crippen LogP contribution >= 0.6 is 0 Å². The molecule has 20 heavy (non-hydrogen) atoms. The smallest absolute Gasteiger partial charge is 0.224 e. The highest BCUT2D eigenvalue weighted by molar-refractivity contribution is 5.76. The summed E-state index contributed by atoms with van der Waals surface area (Å²) in [6.45, 7) is 6.72. The van der Waals surface area contributed by atoms with Crippen LogP contribution in [0.3, 0.4) is 0 Å².